The number of thiocarbonyl (C=S) groups is 1. The largest absolute Gasteiger partial charge is 0.508 e. The molecule has 3 N–H and O–H groups in total. The highest BCUT2D eigenvalue weighted by atomic mass is 79.9. The minimum Gasteiger partial charge on any atom is -0.508 e. The van der Waals surface area contributed by atoms with Crippen LogP contribution in [0.5, 0.6) is 5.75 Å². The fraction of sp³-hybridized carbons (Fsp3) is 0. The fourth-order valence-corrected chi connectivity index (χ4v) is 2.20. The Morgan fingerprint density at radius 1 is 1.10 bits per heavy atom. The summed E-state index contributed by atoms with van der Waals surface area (Å²) in [6, 6.07) is 13.5. The molecule has 0 saturated carbocycles. The number of anilines is 1. The minimum atomic E-state index is -0.297. The van der Waals surface area contributed by atoms with E-state index in [0.29, 0.717) is 15.7 Å². The number of nitrogens with one attached hydrogen (secondary N) is 2. The summed E-state index contributed by atoms with van der Waals surface area (Å²) in [7, 11) is 0. The van der Waals surface area contributed by atoms with E-state index in [-0.39, 0.29) is 16.8 Å². The monoisotopic (exact) mass is 350 g/mol. The summed E-state index contributed by atoms with van der Waals surface area (Å²) in [4.78, 5) is 12.0. The Kier molecular flexibility index (Phi) is 4.70. The molecule has 0 spiro atoms. The molecule has 0 aromatic heterocycles. The zero-order valence-electron chi connectivity index (χ0n) is 10.3. The second-order valence-electron chi connectivity index (χ2n) is 3.93. The van der Waals surface area contributed by atoms with Crippen molar-refractivity contribution in [2.45, 2.75) is 0 Å². The lowest BCUT2D eigenvalue weighted by Gasteiger charge is -2.10. The van der Waals surface area contributed by atoms with Gasteiger partial charge in [0.05, 0.1) is 5.56 Å². The number of phenolic OH excluding ortho intramolecular Hbond substituents is 1. The van der Waals surface area contributed by atoms with Gasteiger partial charge in [0.25, 0.3) is 5.91 Å². The highest BCUT2D eigenvalue weighted by Gasteiger charge is 2.10. The Morgan fingerprint density at radius 3 is 2.40 bits per heavy atom. The van der Waals surface area contributed by atoms with E-state index < -0.39 is 0 Å². The van der Waals surface area contributed by atoms with Crippen molar-refractivity contribution >= 4 is 44.9 Å². The molecular weight excluding hydrogens is 340 g/mol. The molecule has 0 atom stereocenters. The molecule has 1 amide bonds. The molecule has 0 aliphatic rings. The zero-order valence-corrected chi connectivity index (χ0v) is 12.7. The summed E-state index contributed by atoms with van der Waals surface area (Å²) in [6.07, 6.45) is 0. The minimum absolute atomic E-state index is 0.165. The number of carbonyl (C=O) groups excluding carboxylic acids is 1. The van der Waals surface area contributed by atoms with E-state index in [2.05, 4.69) is 26.6 Å². The average molecular weight is 351 g/mol. The number of benzene rings is 2. The molecule has 0 fully saturated rings. The molecule has 6 heteroatoms. The summed E-state index contributed by atoms with van der Waals surface area (Å²) in [5.74, 6) is -0.132. The number of amides is 1. The van der Waals surface area contributed by atoms with Crippen molar-refractivity contribution in [3.05, 3.63) is 58.6 Å². The second kappa shape index (κ2) is 6.49. The van der Waals surface area contributed by atoms with Crippen LogP contribution < -0.4 is 10.6 Å². The van der Waals surface area contributed by atoms with Crippen LogP contribution in [0.2, 0.25) is 0 Å². The Bertz CT molecular complexity index is 644. The van der Waals surface area contributed by atoms with E-state index in [9.17, 15) is 9.90 Å². The highest BCUT2D eigenvalue weighted by molar-refractivity contribution is 9.10. The maximum atomic E-state index is 12.0. The molecule has 2 aromatic carbocycles. The van der Waals surface area contributed by atoms with Crippen molar-refractivity contribution in [2.75, 3.05) is 5.32 Å². The SMILES string of the molecule is O=C(NC(=S)Nc1ccc(O)cc1)c1ccccc1Br. The van der Waals surface area contributed by atoms with Gasteiger partial charge < -0.3 is 10.4 Å². The summed E-state index contributed by atoms with van der Waals surface area (Å²) >= 11 is 8.38. The van der Waals surface area contributed by atoms with Gasteiger partial charge in [-0.1, -0.05) is 12.1 Å². The molecule has 0 aliphatic carbocycles. The van der Waals surface area contributed by atoms with Gasteiger partial charge in [0.1, 0.15) is 5.75 Å². The smallest absolute Gasteiger partial charge is 0.258 e. The van der Waals surface area contributed by atoms with Gasteiger partial charge in [-0.05, 0) is 64.5 Å². The van der Waals surface area contributed by atoms with E-state index in [1.54, 1.807) is 30.3 Å². The van der Waals surface area contributed by atoms with Gasteiger partial charge in [-0.15, -0.1) is 0 Å². The first-order valence-electron chi connectivity index (χ1n) is 5.72. The summed E-state index contributed by atoms with van der Waals surface area (Å²) in [6.45, 7) is 0. The Hall–Kier alpha value is -1.92. The molecule has 0 heterocycles. The van der Waals surface area contributed by atoms with Gasteiger partial charge in [-0.25, -0.2) is 0 Å². The van der Waals surface area contributed by atoms with Crippen LogP contribution in [0.4, 0.5) is 5.69 Å². The number of carbonyl (C=O) groups is 1. The third kappa shape index (κ3) is 3.79. The molecule has 102 valence electrons. The van der Waals surface area contributed by atoms with Gasteiger partial charge >= 0.3 is 0 Å². The Balaban J connectivity index is 2.00. The third-order valence-corrected chi connectivity index (χ3v) is 3.37. The molecule has 0 unspecified atom stereocenters. The van der Waals surface area contributed by atoms with E-state index in [0.717, 1.165) is 0 Å². The van der Waals surface area contributed by atoms with E-state index >= 15 is 0 Å². The average Bonchev–Trinajstić information content (AvgIpc) is 2.41. The first-order chi connectivity index (χ1) is 9.56. The van der Waals surface area contributed by atoms with Crippen molar-refractivity contribution in [2.24, 2.45) is 0 Å². The molecule has 20 heavy (non-hydrogen) atoms. The van der Waals surface area contributed by atoms with Crippen LogP contribution in [0.15, 0.2) is 53.0 Å². The predicted octanol–water partition coefficient (Wildman–Crippen LogP) is 3.28. The molecule has 0 bridgehead atoms. The number of hydrogen-bond acceptors (Lipinski definition) is 3. The number of phenols is 1. The van der Waals surface area contributed by atoms with Crippen LogP contribution in [0, 0.1) is 0 Å². The first-order valence-corrected chi connectivity index (χ1v) is 6.92. The Labute approximate surface area is 130 Å². The summed E-state index contributed by atoms with van der Waals surface area (Å²) in [5.41, 5.74) is 1.18. The number of rotatable bonds is 2. The van der Waals surface area contributed by atoms with Crippen molar-refractivity contribution < 1.29 is 9.90 Å². The second-order valence-corrected chi connectivity index (χ2v) is 5.20. The van der Waals surface area contributed by atoms with Crippen molar-refractivity contribution in [1.29, 1.82) is 0 Å². The van der Waals surface area contributed by atoms with Crippen LogP contribution in [-0.2, 0) is 0 Å². The van der Waals surface area contributed by atoms with Crippen LogP contribution in [0.25, 0.3) is 0 Å². The maximum Gasteiger partial charge on any atom is 0.258 e. The molecule has 4 nitrogen and oxygen atoms in total. The van der Waals surface area contributed by atoms with Crippen LogP contribution in [0.1, 0.15) is 10.4 Å². The zero-order chi connectivity index (χ0) is 14.5. The third-order valence-electron chi connectivity index (χ3n) is 2.47. The van der Waals surface area contributed by atoms with Crippen molar-refractivity contribution in [3.63, 3.8) is 0 Å². The van der Waals surface area contributed by atoms with Crippen LogP contribution >= 0.6 is 28.1 Å². The highest BCUT2D eigenvalue weighted by Crippen LogP contribution is 2.16. The van der Waals surface area contributed by atoms with E-state index in [4.69, 9.17) is 12.2 Å². The fourth-order valence-electron chi connectivity index (χ4n) is 1.52. The molecule has 0 aliphatic heterocycles. The maximum absolute atomic E-state index is 12.0. The molecule has 2 rings (SSSR count). The quantitative estimate of drug-likeness (QED) is 0.574. The molecule has 2 aromatic rings. The molecule has 0 radical (unpaired) electrons. The lowest BCUT2D eigenvalue weighted by molar-refractivity contribution is 0.0977. The molecular formula is C14H11BrN2O2S. The van der Waals surface area contributed by atoms with Gasteiger partial charge in [-0.2, -0.15) is 0 Å². The van der Waals surface area contributed by atoms with Crippen molar-refractivity contribution in [1.82, 2.24) is 5.32 Å². The van der Waals surface area contributed by atoms with E-state index in [1.165, 1.54) is 12.1 Å². The summed E-state index contributed by atoms with van der Waals surface area (Å²) in [5, 5.41) is 14.8. The lowest BCUT2D eigenvalue weighted by atomic mass is 10.2. The Morgan fingerprint density at radius 2 is 1.75 bits per heavy atom. The van der Waals surface area contributed by atoms with Gasteiger partial charge in [-0.3, -0.25) is 10.1 Å². The number of hydrogen-bond donors (Lipinski definition) is 3. The van der Waals surface area contributed by atoms with Crippen LogP contribution in [0.3, 0.4) is 0 Å². The molecule has 0 saturated heterocycles. The van der Waals surface area contributed by atoms with E-state index in [1.807, 2.05) is 6.07 Å². The number of aromatic hydroxyl groups is 1. The standard InChI is InChI=1S/C14H11BrN2O2S/c15-12-4-2-1-3-11(12)13(19)17-14(20)16-9-5-7-10(18)8-6-9/h1-8,18H,(H2,16,17,19,20). The topological polar surface area (TPSA) is 61.4 Å². The van der Waals surface area contributed by atoms with Gasteiger partial charge in [0, 0.05) is 10.2 Å². The first kappa shape index (κ1) is 14.5. The number of halogens is 1. The summed E-state index contributed by atoms with van der Waals surface area (Å²) < 4.78 is 0.699. The van der Waals surface area contributed by atoms with Crippen LogP contribution in [-0.4, -0.2) is 16.1 Å². The van der Waals surface area contributed by atoms with Gasteiger partial charge in [0.15, 0.2) is 5.11 Å². The van der Waals surface area contributed by atoms with Gasteiger partial charge in [0.2, 0.25) is 0 Å². The predicted molar refractivity (Wildman–Crippen MR) is 85.9 cm³/mol. The van der Waals surface area contributed by atoms with Crippen molar-refractivity contribution in [3.8, 4) is 5.75 Å². The normalized spacial score (nSPS) is 9.85. The lowest BCUT2D eigenvalue weighted by Crippen LogP contribution is -2.34.